The van der Waals surface area contributed by atoms with E-state index < -0.39 is 16.0 Å². The van der Waals surface area contributed by atoms with Crippen LogP contribution in [0.4, 0.5) is 0 Å². The molecular weight excluding hydrogens is 278 g/mol. The molecule has 0 unspecified atom stereocenters. The number of rotatable bonds is 6. The fraction of sp³-hybridized carbons (Fsp3) is 0.357. The predicted octanol–water partition coefficient (Wildman–Crippen LogP) is 2.06. The molecule has 0 atom stereocenters. The standard InChI is InChI=1S/C14H19NO4S/c1-11(2)10-15(3)20(18,19)13-7-4-12(5-8-13)6-9-14(16)17/h4-9,11H,10H2,1-3H3,(H,16,17)/b9-6+. The van der Waals surface area contributed by atoms with E-state index in [1.807, 2.05) is 13.8 Å². The van der Waals surface area contributed by atoms with Gasteiger partial charge < -0.3 is 5.11 Å². The molecule has 0 amide bonds. The molecule has 110 valence electrons. The second-order valence-electron chi connectivity index (χ2n) is 4.92. The minimum atomic E-state index is -3.49. The van der Waals surface area contributed by atoms with E-state index in [2.05, 4.69) is 0 Å². The number of carbonyl (C=O) groups is 1. The molecule has 0 aromatic heterocycles. The van der Waals surface area contributed by atoms with Crippen molar-refractivity contribution in [1.82, 2.24) is 4.31 Å². The third-order valence-electron chi connectivity index (χ3n) is 2.63. The Labute approximate surface area is 119 Å². The van der Waals surface area contributed by atoms with Gasteiger partial charge in [0.05, 0.1) is 4.90 Å². The summed E-state index contributed by atoms with van der Waals surface area (Å²) in [6.45, 7) is 4.35. The van der Waals surface area contributed by atoms with E-state index in [1.165, 1.54) is 22.5 Å². The van der Waals surface area contributed by atoms with Crippen LogP contribution < -0.4 is 0 Å². The maximum atomic E-state index is 12.3. The zero-order valence-electron chi connectivity index (χ0n) is 11.8. The van der Waals surface area contributed by atoms with Crippen LogP contribution in [0.15, 0.2) is 35.2 Å². The Bertz CT molecular complexity index is 588. The highest BCUT2D eigenvalue weighted by Crippen LogP contribution is 2.16. The zero-order valence-corrected chi connectivity index (χ0v) is 12.6. The zero-order chi connectivity index (χ0) is 15.3. The van der Waals surface area contributed by atoms with Crippen LogP contribution >= 0.6 is 0 Å². The quantitative estimate of drug-likeness (QED) is 0.816. The van der Waals surface area contributed by atoms with Crippen LogP contribution in [-0.2, 0) is 14.8 Å². The van der Waals surface area contributed by atoms with Crippen molar-refractivity contribution in [3.05, 3.63) is 35.9 Å². The molecule has 0 saturated carbocycles. The number of benzene rings is 1. The monoisotopic (exact) mass is 297 g/mol. The second-order valence-corrected chi connectivity index (χ2v) is 6.96. The van der Waals surface area contributed by atoms with Gasteiger partial charge in [0.25, 0.3) is 0 Å². The lowest BCUT2D eigenvalue weighted by Gasteiger charge is -2.19. The maximum absolute atomic E-state index is 12.3. The SMILES string of the molecule is CC(C)CN(C)S(=O)(=O)c1ccc(/C=C/C(=O)O)cc1. The lowest BCUT2D eigenvalue weighted by atomic mass is 10.2. The summed E-state index contributed by atoms with van der Waals surface area (Å²) in [6.07, 6.45) is 2.42. The van der Waals surface area contributed by atoms with Crippen LogP contribution in [0.5, 0.6) is 0 Å². The number of hydrogen-bond acceptors (Lipinski definition) is 3. The van der Waals surface area contributed by atoms with Gasteiger partial charge in [0.2, 0.25) is 10.0 Å². The first-order valence-electron chi connectivity index (χ1n) is 6.21. The molecule has 0 radical (unpaired) electrons. The van der Waals surface area contributed by atoms with Gasteiger partial charge in [0, 0.05) is 19.7 Å². The summed E-state index contributed by atoms with van der Waals surface area (Å²) in [5, 5.41) is 8.53. The fourth-order valence-corrected chi connectivity index (χ4v) is 3.05. The molecule has 1 aromatic carbocycles. The lowest BCUT2D eigenvalue weighted by molar-refractivity contribution is -0.131. The van der Waals surface area contributed by atoms with Crippen molar-refractivity contribution in [2.45, 2.75) is 18.7 Å². The predicted molar refractivity (Wildman–Crippen MR) is 77.8 cm³/mol. The molecular formula is C14H19NO4S. The highest BCUT2D eigenvalue weighted by Gasteiger charge is 2.20. The Morgan fingerprint density at radius 3 is 2.30 bits per heavy atom. The number of aliphatic carboxylic acids is 1. The van der Waals surface area contributed by atoms with Crippen molar-refractivity contribution in [1.29, 1.82) is 0 Å². The molecule has 1 N–H and O–H groups in total. The van der Waals surface area contributed by atoms with Gasteiger partial charge in [0.1, 0.15) is 0 Å². The molecule has 5 nitrogen and oxygen atoms in total. The van der Waals surface area contributed by atoms with Crippen molar-refractivity contribution in [2.24, 2.45) is 5.92 Å². The molecule has 0 spiro atoms. The van der Waals surface area contributed by atoms with E-state index in [4.69, 9.17) is 5.11 Å². The van der Waals surface area contributed by atoms with Gasteiger partial charge in [-0.25, -0.2) is 17.5 Å². The molecule has 0 aliphatic heterocycles. The van der Waals surface area contributed by atoms with Gasteiger partial charge in [-0.2, -0.15) is 0 Å². The van der Waals surface area contributed by atoms with Gasteiger partial charge in [-0.1, -0.05) is 26.0 Å². The summed E-state index contributed by atoms with van der Waals surface area (Å²) in [4.78, 5) is 10.6. The van der Waals surface area contributed by atoms with Crippen molar-refractivity contribution in [3.8, 4) is 0 Å². The Kier molecular flexibility index (Phi) is 5.47. The molecule has 20 heavy (non-hydrogen) atoms. The number of carboxylic acid groups (broad SMARTS) is 1. The molecule has 1 rings (SSSR count). The molecule has 0 bridgehead atoms. The van der Waals surface area contributed by atoms with E-state index in [0.29, 0.717) is 12.1 Å². The summed E-state index contributed by atoms with van der Waals surface area (Å²) in [5.74, 6) is -0.800. The average molecular weight is 297 g/mol. The van der Waals surface area contributed by atoms with Crippen LogP contribution in [0.1, 0.15) is 19.4 Å². The van der Waals surface area contributed by atoms with Crippen LogP contribution in [-0.4, -0.2) is 37.4 Å². The Hall–Kier alpha value is -1.66. The molecule has 0 heterocycles. The van der Waals surface area contributed by atoms with Gasteiger partial charge >= 0.3 is 5.97 Å². The Balaban J connectivity index is 2.95. The first-order valence-corrected chi connectivity index (χ1v) is 7.65. The lowest BCUT2D eigenvalue weighted by Crippen LogP contribution is -2.30. The molecule has 0 fully saturated rings. The minimum Gasteiger partial charge on any atom is -0.478 e. The Morgan fingerprint density at radius 1 is 1.30 bits per heavy atom. The molecule has 1 aromatic rings. The van der Waals surface area contributed by atoms with E-state index in [9.17, 15) is 13.2 Å². The van der Waals surface area contributed by atoms with Crippen LogP contribution in [0, 0.1) is 5.92 Å². The van der Waals surface area contributed by atoms with Crippen LogP contribution in [0.3, 0.4) is 0 Å². The molecule has 0 aliphatic rings. The Morgan fingerprint density at radius 2 is 1.85 bits per heavy atom. The van der Waals surface area contributed by atoms with Crippen LogP contribution in [0.25, 0.3) is 6.08 Å². The first kappa shape index (κ1) is 16.4. The normalized spacial score (nSPS) is 12.4. The number of carboxylic acids is 1. The molecule has 0 saturated heterocycles. The van der Waals surface area contributed by atoms with E-state index in [0.717, 1.165) is 6.08 Å². The third kappa shape index (κ3) is 4.47. The number of sulfonamides is 1. The van der Waals surface area contributed by atoms with Gasteiger partial charge in [-0.3, -0.25) is 0 Å². The van der Waals surface area contributed by atoms with Crippen molar-refractivity contribution in [2.75, 3.05) is 13.6 Å². The third-order valence-corrected chi connectivity index (χ3v) is 4.47. The maximum Gasteiger partial charge on any atom is 0.328 e. The largest absolute Gasteiger partial charge is 0.478 e. The second kappa shape index (κ2) is 6.67. The fourth-order valence-electron chi connectivity index (χ4n) is 1.71. The van der Waals surface area contributed by atoms with Gasteiger partial charge in [-0.05, 0) is 29.7 Å². The smallest absolute Gasteiger partial charge is 0.328 e. The van der Waals surface area contributed by atoms with Gasteiger partial charge in [0.15, 0.2) is 0 Å². The summed E-state index contributed by atoms with van der Waals surface area (Å²) in [6, 6.07) is 6.12. The summed E-state index contributed by atoms with van der Waals surface area (Å²) >= 11 is 0. The van der Waals surface area contributed by atoms with E-state index >= 15 is 0 Å². The average Bonchev–Trinajstić information content (AvgIpc) is 2.36. The topological polar surface area (TPSA) is 74.7 Å². The van der Waals surface area contributed by atoms with Crippen molar-refractivity contribution in [3.63, 3.8) is 0 Å². The minimum absolute atomic E-state index is 0.202. The van der Waals surface area contributed by atoms with Crippen LogP contribution in [0.2, 0.25) is 0 Å². The highest BCUT2D eigenvalue weighted by atomic mass is 32.2. The van der Waals surface area contributed by atoms with Crippen molar-refractivity contribution < 1.29 is 18.3 Å². The number of hydrogen-bond donors (Lipinski definition) is 1. The molecule has 6 heteroatoms. The highest BCUT2D eigenvalue weighted by molar-refractivity contribution is 7.89. The number of nitrogens with zero attached hydrogens (tertiary/aromatic N) is 1. The molecule has 0 aliphatic carbocycles. The summed E-state index contributed by atoms with van der Waals surface area (Å²) in [5.41, 5.74) is 0.637. The summed E-state index contributed by atoms with van der Waals surface area (Å²) < 4.78 is 25.8. The van der Waals surface area contributed by atoms with Crippen molar-refractivity contribution >= 4 is 22.1 Å². The first-order chi connectivity index (χ1) is 9.23. The van der Waals surface area contributed by atoms with Gasteiger partial charge in [-0.15, -0.1) is 0 Å². The van der Waals surface area contributed by atoms with E-state index in [-0.39, 0.29) is 10.8 Å². The van der Waals surface area contributed by atoms with E-state index in [1.54, 1.807) is 19.2 Å². The summed E-state index contributed by atoms with van der Waals surface area (Å²) in [7, 11) is -1.94.